The summed E-state index contributed by atoms with van der Waals surface area (Å²) in [6.07, 6.45) is -0.577. The molecule has 0 radical (unpaired) electrons. The van der Waals surface area contributed by atoms with Gasteiger partial charge >= 0.3 is 0 Å². The molecule has 100 valence electrons. The van der Waals surface area contributed by atoms with Gasteiger partial charge in [0.25, 0.3) is 11.6 Å². The lowest BCUT2D eigenvalue weighted by Crippen LogP contribution is -2.06. The van der Waals surface area contributed by atoms with Crippen molar-refractivity contribution in [3.8, 4) is 11.4 Å². The van der Waals surface area contributed by atoms with Crippen molar-refractivity contribution >= 4 is 5.69 Å². The zero-order valence-electron chi connectivity index (χ0n) is 9.89. The maximum atomic E-state index is 10.5. The highest BCUT2D eigenvalue weighted by molar-refractivity contribution is 5.56. The first kappa shape index (κ1) is 13.1. The van der Waals surface area contributed by atoms with Gasteiger partial charge < -0.3 is 15.4 Å². The second-order valence-corrected chi connectivity index (χ2v) is 3.85. The first-order valence-electron chi connectivity index (χ1n) is 5.58. The van der Waals surface area contributed by atoms with Crippen LogP contribution in [-0.4, -0.2) is 26.7 Å². The Morgan fingerprint density at radius 3 is 2.68 bits per heavy atom. The molecular formula is C11H12N4O4. The summed E-state index contributed by atoms with van der Waals surface area (Å²) in [6, 6.07) is 5.73. The van der Waals surface area contributed by atoms with Crippen molar-refractivity contribution in [1.82, 2.24) is 10.1 Å². The lowest BCUT2D eigenvalue weighted by Gasteiger charge is -2.00. The normalized spacial score (nSPS) is 12.3. The number of aliphatic hydroxyl groups is 1. The molecule has 0 aliphatic carbocycles. The van der Waals surface area contributed by atoms with Gasteiger partial charge in [0.05, 0.1) is 4.92 Å². The van der Waals surface area contributed by atoms with E-state index in [0.717, 1.165) is 0 Å². The van der Waals surface area contributed by atoms with Gasteiger partial charge in [0, 0.05) is 17.7 Å². The van der Waals surface area contributed by atoms with Crippen LogP contribution in [0.5, 0.6) is 0 Å². The maximum absolute atomic E-state index is 10.5. The van der Waals surface area contributed by atoms with E-state index >= 15 is 0 Å². The third kappa shape index (κ3) is 2.92. The minimum Gasteiger partial charge on any atom is -0.383 e. The lowest BCUT2D eigenvalue weighted by molar-refractivity contribution is -0.384. The van der Waals surface area contributed by atoms with Gasteiger partial charge in [0.15, 0.2) is 0 Å². The van der Waals surface area contributed by atoms with Crippen LogP contribution in [0.3, 0.4) is 0 Å². The van der Waals surface area contributed by atoms with Gasteiger partial charge in [-0.1, -0.05) is 5.16 Å². The van der Waals surface area contributed by atoms with Gasteiger partial charge in [0.1, 0.15) is 6.10 Å². The van der Waals surface area contributed by atoms with E-state index < -0.39 is 11.0 Å². The van der Waals surface area contributed by atoms with Gasteiger partial charge in [-0.25, -0.2) is 0 Å². The van der Waals surface area contributed by atoms with Crippen LogP contribution in [0.25, 0.3) is 11.4 Å². The quantitative estimate of drug-likeness (QED) is 0.609. The Bertz CT molecular complexity index is 566. The number of hydrogen-bond acceptors (Lipinski definition) is 7. The Morgan fingerprint density at radius 1 is 1.42 bits per heavy atom. The van der Waals surface area contributed by atoms with Crippen LogP contribution in [0.4, 0.5) is 5.69 Å². The molecule has 2 aromatic rings. The fraction of sp³-hybridized carbons (Fsp3) is 0.273. The highest BCUT2D eigenvalue weighted by atomic mass is 16.6. The predicted octanol–water partition coefficient (Wildman–Crippen LogP) is 1.03. The lowest BCUT2D eigenvalue weighted by atomic mass is 10.2. The van der Waals surface area contributed by atoms with Crippen LogP contribution in [0.2, 0.25) is 0 Å². The predicted molar refractivity (Wildman–Crippen MR) is 65.0 cm³/mol. The molecule has 1 atom stereocenters. The number of nitro groups is 1. The number of nitro benzene ring substituents is 1. The minimum absolute atomic E-state index is 0.0179. The van der Waals surface area contributed by atoms with Crippen molar-refractivity contribution in [1.29, 1.82) is 0 Å². The fourth-order valence-electron chi connectivity index (χ4n) is 1.50. The van der Waals surface area contributed by atoms with Crippen molar-refractivity contribution in [3.05, 3.63) is 40.3 Å². The molecule has 0 fully saturated rings. The molecule has 1 unspecified atom stereocenters. The highest BCUT2D eigenvalue weighted by Crippen LogP contribution is 2.22. The molecule has 0 spiro atoms. The molecule has 1 aromatic heterocycles. The van der Waals surface area contributed by atoms with Crippen LogP contribution in [0, 0.1) is 10.1 Å². The molecule has 0 saturated heterocycles. The molecule has 2 rings (SSSR count). The van der Waals surface area contributed by atoms with E-state index in [1.165, 1.54) is 24.3 Å². The minimum atomic E-state index is -0.899. The van der Waals surface area contributed by atoms with E-state index in [0.29, 0.717) is 18.5 Å². The Morgan fingerprint density at radius 2 is 2.11 bits per heavy atom. The summed E-state index contributed by atoms with van der Waals surface area (Å²) in [5.41, 5.74) is 5.87. The van der Waals surface area contributed by atoms with E-state index in [9.17, 15) is 15.2 Å². The number of hydrogen-bond donors (Lipinski definition) is 2. The molecule has 1 aromatic carbocycles. The first-order valence-corrected chi connectivity index (χ1v) is 5.58. The third-order valence-corrected chi connectivity index (χ3v) is 2.50. The molecule has 8 heteroatoms. The zero-order valence-corrected chi connectivity index (χ0v) is 9.89. The third-order valence-electron chi connectivity index (χ3n) is 2.50. The van der Waals surface area contributed by atoms with Gasteiger partial charge in [-0.15, -0.1) is 0 Å². The van der Waals surface area contributed by atoms with E-state index in [1.807, 2.05) is 0 Å². The number of non-ortho nitro benzene ring substituents is 1. The molecule has 3 N–H and O–H groups in total. The SMILES string of the molecule is NCCC(O)c1nc(-c2ccc([N+](=O)[O-])cc2)no1. The number of nitrogens with zero attached hydrogens (tertiary/aromatic N) is 3. The highest BCUT2D eigenvalue weighted by Gasteiger charge is 2.16. The monoisotopic (exact) mass is 264 g/mol. The summed E-state index contributed by atoms with van der Waals surface area (Å²) < 4.78 is 4.91. The molecule has 19 heavy (non-hydrogen) atoms. The molecule has 0 aliphatic rings. The van der Waals surface area contributed by atoms with Crippen LogP contribution >= 0.6 is 0 Å². The molecule has 0 amide bonds. The topological polar surface area (TPSA) is 128 Å². The van der Waals surface area contributed by atoms with Crippen LogP contribution in [-0.2, 0) is 0 Å². The zero-order chi connectivity index (χ0) is 13.8. The van der Waals surface area contributed by atoms with Crippen molar-refractivity contribution in [2.45, 2.75) is 12.5 Å². The summed E-state index contributed by atoms with van der Waals surface area (Å²) in [5.74, 6) is 0.347. The number of benzene rings is 1. The Labute approximate surface area is 108 Å². The maximum Gasteiger partial charge on any atom is 0.269 e. The Balaban J connectivity index is 2.20. The van der Waals surface area contributed by atoms with Crippen LogP contribution in [0.15, 0.2) is 28.8 Å². The Hall–Kier alpha value is -2.32. The number of nitrogens with two attached hydrogens (primary N) is 1. The molecular weight excluding hydrogens is 252 g/mol. The molecule has 8 nitrogen and oxygen atoms in total. The summed E-state index contributed by atoms with van der Waals surface area (Å²) >= 11 is 0. The molecule has 0 saturated carbocycles. The standard InChI is InChI=1S/C11H12N4O4/c12-6-5-9(16)11-13-10(14-19-11)7-1-3-8(4-2-7)15(17)18/h1-4,9,16H,5-6,12H2. The number of rotatable bonds is 5. The molecule has 1 heterocycles. The molecule has 0 bridgehead atoms. The van der Waals surface area contributed by atoms with Gasteiger partial charge in [-0.2, -0.15) is 4.98 Å². The van der Waals surface area contributed by atoms with Crippen LogP contribution < -0.4 is 5.73 Å². The second kappa shape index (κ2) is 5.55. The first-order chi connectivity index (χ1) is 9.11. The fourth-order valence-corrected chi connectivity index (χ4v) is 1.50. The number of aliphatic hydroxyl groups excluding tert-OH is 1. The smallest absolute Gasteiger partial charge is 0.269 e. The van der Waals surface area contributed by atoms with Gasteiger partial charge in [-0.3, -0.25) is 10.1 Å². The average Bonchev–Trinajstić information content (AvgIpc) is 2.89. The van der Waals surface area contributed by atoms with Crippen molar-refractivity contribution < 1.29 is 14.6 Å². The number of aromatic nitrogens is 2. The van der Waals surface area contributed by atoms with Crippen LogP contribution in [0.1, 0.15) is 18.4 Å². The van der Waals surface area contributed by atoms with E-state index in [1.54, 1.807) is 0 Å². The van der Waals surface area contributed by atoms with Crippen molar-refractivity contribution in [2.75, 3.05) is 6.54 Å². The average molecular weight is 264 g/mol. The summed E-state index contributed by atoms with van der Waals surface area (Å²) in [4.78, 5) is 14.1. The van der Waals surface area contributed by atoms with E-state index in [4.69, 9.17) is 10.3 Å². The summed E-state index contributed by atoms with van der Waals surface area (Å²) in [5, 5.41) is 23.9. The van der Waals surface area contributed by atoms with Gasteiger partial charge in [-0.05, 0) is 25.1 Å². The van der Waals surface area contributed by atoms with E-state index in [-0.39, 0.29) is 17.4 Å². The van der Waals surface area contributed by atoms with Crippen molar-refractivity contribution in [3.63, 3.8) is 0 Å². The second-order valence-electron chi connectivity index (χ2n) is 3.85. The van der Waals surface area contributed by atoms with E-state index in [2.05, 4.69) is 10.1 Å². The summed E-state index contributed by atoms with van der Waals surface area (Å²) in [7, 11) is 0. The molecule has 0 aliphatic heterocycles. The largest absolute Gasteiger partial charge is 0.383 e. The Kier molecular flexibility index (Phi) is 3.83. The van der Waals surface area contributed by atoms with Crippen molar-refractivity contribution in [2.24, 2.45) is 5.73 Å². The summed E-state index contributed by atoms with van der Waals surface area (Å²) in [6.45, 7) is 0.302. The van der Waals surface area contributed by atoms with Gasteiger partial charge in [0.2, 0.25) is 5.82 Å².